The van der Waals surface area contributed by atoms with Gasteiger partial charge in [0.15, 0.2) is 0 Å². The fourth-order valence-electron chi connectivity index (χ4n) is 4.84. The Morgan fingerprint density at radius 3 is 2.32 bits per heavy atom. The van der Waals surface area contributed by atoms with Crippen LogP contribution in [0.4, 0.5) is 0 Å². The van der Waals surface area contributed by atoms with Crippen molar-refractivity contribution in [1.29, 1.82) is 0 Å². The van der Waals surface area contributed by atoms with Gasteiger partial charge in [-0.25, -0.2) is 0 Å². The minimum atomic E-state index is -0.178. The third-order valence-electron chi connectivity index (χ3n) is 6.58. The molecule has 1 aromatic carbocycles. The minimum Gasteiger partial charge on any atom is -0.396 e. The number of aliphatic hydroxyl groups is 1. The molecular weight excluding hydrogens is 382 g/mol. The van der Waals surface area contributed by atoms with Crippen LogP contribution < -0.4 is 0 Å². The monoisotopic (exact) mass is 423 g/mol. The molecule has 3 unspecified atom stereocenters. The second-order valence-electron chi connectivity index (χ2n) is 10.0. The first-order valence-corrected chi connectivity index (χ1v) is 11.5. The van der Waals surface area contributed by atoms with E-state index in [9.17, 15) is 5.11 Å². The summed E-state index contributed by atoms with van der Waals surface area (Å²) in [6.45, 7) is 13.1. The summed E-state index contributed by atoms with van der Waals surface area (Å²) in [6, 6.07) is 10.3. The molecule has 1 heterocycles. The Morgan fingerprint density at radius 1 is 1.19 bits per heavy atom. The van der Waals surface area contributed by atoms with E-state index in [-0.39, 0.29) is 35.6 Å². The third kappa shape index (κ3) is 6.56. The molecule has 0 radical (unpaired) electrons. The highest BCUT2D eigenvalue weighted by molar-refractivity contribution is 5.21. The molecule has 1 fully saturated rings. The molecule has 31 heavy (non-hydrogen) atoms. The number of rotatable bonds is 9. The van der Waals surface area contributed by atoms with Crippen molar-refractivity contribution in [3.8, 4) is 12.3 Å². The lowest BCUT2D eigenvalue weighted by Crippen LogP contribution is -2.58. The molecule has 0 saturated carbocycles. The van der Waals surface area contributed by atoms with Gasteiger partial charge < -0.3 is 5.11 Å². The van der Waals surface area contributed by atoms with Gasteiger partial charge in [0, 0.05) is 22.9 Å². The summed E-state index contributed by atoms with van der Waals surface area (Å²) >= 11 is 0. The van der Waals surface area contributed by atoms with Crippen molar-refractivity contribution in [3.05, 3.63) is 59.7 Å². The number of hydrogen-bond donors (Lipinski definition) is 1. The van der Waals surface area contributed by atoms with Crippen molar-refractivity contribution in [2.24, 2.45) is 11.8 Å². The van der Waals surface area contributed by atoms with Crippen LogP contribution in [0.1, 0.15) is 78.9 Å². The Labute approximate surface area is 190 Å². The second kappa shape index (κ2) is 11.1. The normalized spacial score (nSPS) is 22.1. The number of piperidine rings is 1. The van der Waals surface area contributed by atoms with Crippen molar-refractivity contribution in [2.75, 3.05) is 6.61 Å². The Balaban J connectivity index is 2.37. The number of allylic oxidation sites excluding steroid dienone is 3. The Kier molecular flexibility index (Phi) is 9.13. The molecule has 1 aliphatic rings. The fraction of sp³-hybridized carbons (Fsp3) is 0.571. The summed E-state index contributed by atoms with van der Waals surface area (Å²) in [5.41, 5.74) is 2.09. The van der Waals surface area contributed by atoms with Gasteiger partial charge in [0.2, 0.25) is 0 Å². The average molecular weight is 424 g/mol. The number of benzene rings is 1. The van der Waals surface area contributed by atoms with E-state index in [1.807, 2.05) is 50.3 Å². The van der Waals surface area contributed by atoms with E-state index in [4.69, 9.17) is 11.3 Å². The zero-order valence-corrected chi connectivity index (χ0v) is 20.3. The van der Waals surface area contributed by atoms with Crippen LogP contribution in [0, 0.1) is 24.2 Å². The first-order chi connectivity index (χ1) is 14.7. The van der Waals surface area contributed by atoms with E-state index in [1.165, 1.54) is 6.42 Å². The Bertz CT molecular complexity index is 769. The molecule has 1 aliphatic heterocycles. The maximum Gasteiger partial charge on any atom is 0.106 e. The third-order valence-corrected chi connectivity index (χ3v) is 6.58. The molecule has 170 valence electrons. The van der Waals surface area contributed by atoms with Gasteiger partial charge in [-0.05, 0) is 72.8 Å². The molecule has 1 N–H and O–H groups in total. The first-order valence-electron chi connectivity index (χ1n) is 11.5. The van der Waals surface area contributed by atoms with Gasteiger partial charge in [-0.2, -0.15) is 5.06 Å². The van der Waals surface area contributed by atoms with Crippen molar-refractivity contribution in [2.45, 2.75) is 84.4 Å². The summed E-state index contributed by atoms with van der Waals surface area (Å²) < 4.78 is 0. The largest absolute Gasteiger partial charge is 0.396 e. The summed E-state index contributed by atoms with van der Waals surface area (Å²) in [5, 5.41) is 12.4. The number of aliphatic hydroxyl groups excluding tert-OH is 1. The molecule has 1 aromatic rings. The Hall–Kier alpha value is -1.86. The van der Waals surface area contributed by atoms with Crippen LogP contribution in [0.5, 0.6) is 0 Å². The molecule has 0 bridgehead atoms. The molecule has 0 spiro atoms. The van der Waals surface area contributed by atoms with E-state index in [1.54, 1.807) is 0 Å². The molecule has 0 aromatic heterocycles. The minimum absolute atomic E-state index is 0.0248. The van der Waals surface area contributed by atoms with Crippen LogP contribution in [0.3, 0.4) is 0 Å². The van der Waals surface area contributed by atoms with E-state index in [2.05, 4.69) is 50.8 Å². The summed E-state index contributed by atoms with van der Waals surface area (Å²) in [5.74, 6) is 2.74. The number of hydroxylamine groups is 2. The van der Waals surface area contributed by atoms with E-state index in [0.717, 1.165) is 24.0 Å². The molecular formula is C28H41NO2. The molecule has 3 nitrogen and oxygen atoms in total. The van der Waals surface area contributed by atoms with Crippen LogP contribution in [0.25, 0.3) is 0 Å². The summed E-state index contributed by atoms with van der Waals surface area (Å²) in [4.78, 5) is 6.82. The quantitative estimate of drug-likeness (QED) is 0.365. The average Bonchev–Trinajstić information content (AvgIpc) is 2.73. The number of hydrogen-bond acceptors (Lipinski definition) is 3. The van der Waals surface area contributed by atoms with Gasteiger partial charge in [-0.3, -0.25) is 4.84 Å². The molecule has 3 atom stereocenters. The number of nitrogens with zero attached hydrogens (tertiary/aromatic N) is 1. The molecule has 1 saturated heterocycles. The highest BCUT2D eigenvalue weighted by Gasteiger charge is 2.44. The standard InChI is InChI=1S/C28H41NO2/c1-8-10-15-22(3)25(21-30)23(9-2)20-26(24-16-12-11-13-17-24)31-29-27(4,5)18-14-19-28(29,6)7/h2,8,10-13,15-17,23,25-26,30H,14,18-21H2,1,3-7H3/b10-8-,22-15+. The van der Waals surface area contributed by atoms with Crippen molar-refractivity contribution in [1.82, 2.24) is 5.06 Å². The van der Waals surface area contributed by atoms with Gasteiger partial charge in [-0.15, -0.1) is 12.3 Å². The molecule has 0 aliphatic carbocycles. The lowest BCUT2D eigenvalue weighted by molar-refractivity contribution is -0.309. The van der Waals surface area contributed by atoms with Crippen LogP contribution in [-0.4, -0.2) is 27.9 Å². The molecule has 3 heteroatoms. The van der Waals surface area contributed by atoms with Gasteiger partial charge in [0.05, 0.1) is 6.61 Å². The predicted molar refractivity (Wildman–Crippen MR) is 130 cm³/mol. The van der Waals surface area contributed by atoms with Crippen LogP contribution >= 0.6 is 0 Å². The van der Waals surface area contributed by atoms with Crippen LogP contribution in [-0.2, 0) is 4.84 Å². The maximum absolute atomic E-state index is 10.2. The summed E-state index contributed by atoms with van der Waals surface area (Å²) in [6.07, 6.45) is 15.9. The smallest absolute Gasteiger partial charge is 0.106 e. The first kappa shape index (κ1) is 25.4. The van der Waals surface area contributed by atoms with Gasteiger partial charge in [0.1, 0.15) is 6.10 Å². The Morgan fingerprint density at radius 2 is 1.81 bits per heavy atom. The lowest BCUT2D eigenvalue weighted by atomic mass is 9.81. The zero-order chi connectivity index (χ0) is 23.1. The molecule has 0 amide bonds. The topological polar surface area (TPSA) is 32.7 Å². The summed E-state index contributed by atoms with van der Waals surface area (Å²) in [7, 11) is 0. The van der Waals surface area contributed by atoms with Crippen LogP contribution in [0.2, 0.25) is 0 Å². The van der Waals surface area contributed by atoms with Crippen LogP contribution in [0.15, 0.2) is 54.1 Å². The SMILES string of the molecule is C#CC(CC(ON1C(C)(C)CCCC1(C)C)c1ccccc1)C(CO)/C(C)=C/C=C\C. The van der Waals surface area contributed by atoms with E-state index < -0.39 is 0 Å². The second-order valence-corrected chi connectivity index (χ2v) is 10.0. The van der Waals surface area contributed by atoms with E-state index in [0.29, 0.717) is 6.42 Å². The van der Waals surface area contributed by atoms with Crippen molar-refractivity contribution < 1.29 is 9.94 Å². The zero-order valence-electron chi connectivity index (χ0n) is 20.3. The number of terminal acetylenes is 1. The van der Waals surface area contributed by atoms with Crippen molar-refractivity contribution in [3.63, 3.8) is 0 Å². The van der Waals surface area contributed by atoms with Crippen molar-refractivity contribution >= 4 is 0 Å². The highest BCUT2D eigenvalue weighted by Crippen LogP contribution is 2.42. The van der Waals surface area contributed by atoms with Gasteiger partial charge in [0.25, 0.3) is 0 Å². The fourth-order valence-corrected chi connectivity index (χ4v) is 4.84. The highest BCUT2D eigenvalue weighted by atomic mass is 16.7. The van der Waals surface area contributed by atoms with Gasteiger partial charge >= 0.3 is 0 Å². The maximum atomic E-state index is 10.2. The predicted octanol–water partition coefficient (Wildman–Crippen LogP) is 6.47. The molecule has 2 rings (SSSR count). The lowest BCUT2D eigenvalue weighted by Gasteiger charge is -2.52. The van der Waals surface area contributed by atoms with E-state index >= 15 is 0 Å². The van der Waals surface area contributed by atoms with Gasteiger partial charge in [-0.1, -0.05) is 54.1 Å².